The largest absolute Gasteiger partial charge is 0.431 e. The summed E-state index contributed by atoms with van der Waals surface area (Å²) in [4.78, 5) is 36.7. The lowest BCUT2D eigenvalue weighted by Crippen LogP contribution is -2.41. The molecule has 0 fully saturated rings. The van der Waals surface area contributed by atoms with Gasteiger partial charge in [-0.15, -0.1) is 0 Å². The van der Waals surface area contributed by atoms with Gasteiger partial charge in [-0.1, -0.05) is 11.6 Å². The van der Waals surface area contributed by atoms with E-state index in [1.807, 2.05) is 0 Å². The van der Waals surface area contributed by atoms with Gasteiger partial charge in [-0.05, 0) is 19.1 Å². The molecule has 1 N–H and O–H groups in total. The molecule has 13 heteroatoms. The number of benzene rings is 1. The van der Waals surface area contributed by atoms with Crippen LogP contribution in [0.5, 0.6) is 0 Å². The van der Waals surface area contributed by atoms with Crippen LogP contribution in [0.1, 0.15) is 18.7 Å². The number of nitrogens with one attached hydrogen (secondary N) is 1. The van der Waals surface area contributed by atoms with Gasteiger partial charge in [0.15, 0.2) is 5.15 Å². The van der Waals surface area contributed by atoms with Crippen molar-refractivity contribution in [2.75, 3.05) is 7.05 Å². The molecule has 1 aromatic carbocycles. The maximum Gasteiger partial charge on any atom is 0.431 e. The number of amides is 1. The first-order chi connectivity index (χ1) is 13.9. The Labute approximate surface area is 170 Å². The monoisotopic (exact) mass is 447 g/mol. The Morgan fingerprint density at radius 1 is 1.23 bits per heavy atom. The first-order valence-electron chi connectivity index (χ1n) is 8.38. The van der Waals surface area contributed by atoms with Gasteiger partial charge in [0.25, 0.3) is 5.56 Å². The van der Waals surface area contributed by atoms with Gasteiger partial charge in [-0.2, -0.15) is 18.3 Å². The standard InChI is InChI=1S/C17H14ClF4N5O3/c1-7(15(29)23-2)27-10-5-11(9(19)4-8(10)14(18)24-27)26-13(28)6-12(17(20,21)22)25(3)16(26)30/h4-7H,1-3H3,(H,23,29). The van der Waals surface area contributed by atoms with Crippen LogP contribution in [0.15, 0.2) is 27.8 Å². The van der Waals surface area contributed by atoms with Crippen LogP contribution in [-0.2, 0) is 18.0 Å². The normalized spacial score (nSPS) is 12.9. The van der Waals surface area contributed by atoms with Crippen LogP contribution < -0.4 is 16.6 Å². The molecular weight excluding hydrogens is 434 g/mol. The van der Waals surface area contributed by atoms with Crippen LogP contribution >= 0.6 is 11.6 Å². The Morgan fingerprint density at radius 2 is 1.87 bits per heavy atom. The van der Waals surface area contributed by atoms with Crippen LogP contribution in [0.25, 0.3) is 16.6 Å². The van der Waals surface area contributed by atoms with Crippen LogP contribution in [0.2, 0.25) is 5.15 Å². The van der Waals surface area contributed by atoms with Gasteiger partial charge in [0.1, 0.15) is 17.6 Å². The molecule has 1 unspecified atom stereocenters. The van der Waals surface area contributed by atoms with Crippen molar-refractivity contribution in [3.8, 4) is 5.69 Å². The zero-order chi connectivity index (χ0) is 22.5. The second-order valence-corrected chi connectivity index (χ2v) is 6.75. The van der Waals surface area contributed by atoms with Crippen LogP contribution in [-0.4, -0.2) is 31.9 Å². The van der Waals surface area contributed by atoms with E-state index in [4.69, 9.17) is 11.6 Å². The van der Waals surface area contributed by atoms with E-state index < -0.39 is 46.6 Å². The molecule has 0 bridgehead atoms. The Bertz CT molecular complexity index is 1290. The predicted octanol–water partition coefficient (Wildman–Crippen LogP) is 2.00. The zero-order valence-electron chi connectivity index (χ0n) is 15.7. The van der Waals surface area contributed by atoms with Gasteiger partial charge in [0.05, 0.1) is 11.2 Å². The molecule has 3 rings (SSSR count). The molecule has 2 aromatic heterocycles. The molecule has 0 aliphatic carbocycles. The zero-order valence-corrected chi connectivity index (χ0v) is 16.5. The molecular formula is C17H14ClF4N5O3. The molecule has 0 spiro atoms. The van der Waals surface area contributed by atoms with Crippen molar-refractivity contribution >= 4 is 28.4 Å². The molecule has 0 aliphatic heterocycles. The number of alkyl halides is 3. The van der Waals surface area contributed by atoms with E-state index in [1.54, 1.807) is 0 Å². The van der Waals surface area contributed by atoms with Gasteiger partial charge in [-0.3, -0.25) is 18.8 Å². The first kappa shape index (κ1) is 21.6. The van der Waals surface area contributed by atoms with E-state index in [9.17, 15) is 31.9 Å². The number of carbonyl (C=O) groups is 1. The van der Waals surface area contributed by atoms with Crippen LogP contribution in [0.4, 0.5) is 17.6 Å². The summed E-state index contributed by atoms with van der Waals surface area (Å²) in [7, 11) is 2.20. The van der Waals surface area contributed by atoms with E-state index in [1.165, 1.54) is 14.0 Å². The number of nitrogens with zero attached hydrogens (tertiary/aromatic N) is 4. The molecule has 0 saturated carbocycles. The summed E-state index contributed by atoms with van der Waals surface area (Å²) in [5.41, 5.74) is -4.76. The molecule has 0 aliphatic rings. The number of rotatable bonds is 3. The summed E-state index contributed by atoms with van der Waals surface area (Å²) in [6.07, 6.45) is -4.95. The lowest BCUT2D eigenvalue weighted by atomic mass is 10.2. The van der Waals surface area contributed by atoms with Gasteiger partial charge < -0.3 is 5.32 Å². The van der Waals surface area contributed by atoms with Crippen molar-refractivity contribution in [3.05, 3.63) is 55.7 Å². The quantitative estimate of drug-likeness (QED) is 0.622. The van der Waals surface area contributed by atoms with Crippen molar-refractivity contribution in [2.24, 2.45) is 7.05 Å². The Hall–Kier alpha value is -3.15. The lowest BCUT2D eigenvalue weighted by molar-refractivity contribution is -0.144. The fraction of sp³-hybridized carbons (Fsp3) is 0.294. The number of halogens is 5. The molecule has 8 nitrogen and oxygen atoms in total. The second-order valence-electron chi connectivity index (χ2n) is 6.39. The number of likely N-dealkylation sites (N-methyl/N-ethyl adjacent to an activating group) is 1. The highest BCUT2D eigenvalue weighted by atomic mass is 35.5. The number of aromatic nitrogens is 4. The molecule has 0 radical (unpaired) electrons. The maximum absolute atomic E-state index is 14.7. The molecule has 1 atom stereocenters. The highest BCUT2D eigenvalue weighted by Gasteiger charge is 2.35. The maximum atomic E-state index is 14.7. The Kier molecular flexibility index (Phi) is 5.23. The summed E-state index contributed by atoms with van der Waals surface area (Å²) >= 11 is 6.01. The highest BCUT2D eigenvalue weighted by Crippen LogP contribution is 2.30. The minimum absolute atomic E-state index is 0.0884. The number of hydrogen-bond donors (Lipinski definition) is 1. The van der Waals surface area contributed by atoms with Crippen molar-refractivity contribution in [2.45, 2.75) is 19.1 Å². The van der Waals surface area contributed by atoms with Gasteiger partial charge >= 0.3 is 11.9 Å². The summed E-state index contributed by atoms with van der Waals surface area (Å²) in [6.45, 7) is 1.48. The number of carbonyl (C=O) groups excluding carboxylic acids is 1. The SMILES string of the molecule is CNC(=O)C(C)n1nc(Cl)c2cc(F)c(-n3c(=O)cc(C(F)(F)F)n(C)c3=O)cc21. The van der Waals surface area contributed by atoms with E-state index in [0.29, 0.717) is 0 Å². The van der Waals surface area contributed by atoms with Gasteiger partial charge in [0.2, 0.25) is 5.91 Å². The van der Waals surface area contributed by atoms with Crippen molar-refractivity contribution < 1.29 is 22.4 Å². The summed E-state index contributed by atoms with van der Waals surface area (Å²) in [6, 6.07) is 1.22. The van der Waals surface area contributed by atoms with Crippen LogP contribution in [0, 0.1) is 5.82 Å². The lowest BCUT2D eigenvalue weighted by Gasteiger charge is -2.15. The van der Waals surface area contributed by atoms with Crippen molar-refractivity contribution in [1.29, 1.82) is 0 Å². The fourth-order valence-electron chi connectivity index (χ4n) is 3.01. The minimum atomic E-state index is -4.95. The van der Waals surface area contributed by atoms with Gasteiger partial charge in [-0.25, -0.2) is 13.8 Å². The van der Waals surface area contributed by atoms with Crippen molar-refractivity contribution in [1.82, 2.24) is 24.2 Å². The first-order valence-corrected chi connectivity index (χ1v) is 8.75. The molecule has 1 amide bonds. The Balaban J connectivity index is 2.34. The summed E-state index contributed by atoms with van der Waals surface area (Å²) in [5, 5.41) is 6.34. The second kappa shape index (κ2) is 7.27. The molecule has 2 heterocycles. The van der Waals surface area contributed by atoms with E-state index >= 15 is 0 Å². The third-order valence-electron chi connectivity index (χ3n) is 4.57. The van der Waals surface area contributed by atoms with Crippen LogP contribution in [0.3, 0.4) is 0 Å². The third kappa shape index (κ3) is 3.36. The minimum Gasteiger partial charge on any atom is -0.357 e. The average molecular weight is 448 g/mol. The van der Waals surface area contributed by atoms with Crippen molar-refractivity contribution in [3.63, 3.8) is 0 Å². The predicted molar refractivity (Wildman–Crippen MR) is 99.3 cm³/mol. The Morgan fingerprint density at radius 3 is 2.43 bits per heavy atom. The van der Waals surface area contributed by atoms with E-state index in [2.05, 4.69) is 10.4 Å². The molecule has 3 aromatic rings. The molecule has 160 valence electrons. The average Bonchev–Trinajstić information content (AvgIpc) is 2.98. The van der Waals surface area contributed by atoms with E-state index in [0.717, 1.165) is 23.9 Å². The molecule has 30 heavy (non-hydrogen) atoms. The van der Waals surface area contributed by atoms with E-state index in [-0.39, 0.29) is 31.3 Å². The smallest absolute Gasteiger partial charge is 0.357 e. The fourth-order valence-corrected chi connectivity index (χ4v) is 3.25. The van der Waals surface area contributed by atoms with Gasteiger partial charge in [0, 0.05) is 25.5 Å². The highest BCUT2D eigenvalue weighted by molar-refractivity contribution is 6.34. The number of fused-ring (bicyclic) bond motifs is 1. The summed E-state index contributed by atoms with van der Waals surface area (Å²) < 4.78 is 55.5. The molecule has 0 saturated heterocycles. The number of hydrogen-bond acceptors (Lipinski definition) is 4. The topological polar surface area (TPSA) is 90.9 Å². The summed E-state index contributed by atoms with van der Waals surface area (Å²) in [5.74, 6) is -1.54. The third-order valence-corrected chi connectivity index (χ3v) is 4.85.